The minimum atomic E-state index is -1.05. The number of nitrogens with zero attached hydrogens (tertiary/aromatic N) is 2. The zero-order valence-electron chi connectivity index (χ0n) is 29.3. The molecule has 10 heteroatoms. The highest BCUT2D eigenvalue weighted by Gasteiger charge is 2.31. The largest absolute Gasteiger partial charge is 0.494 e. The van der Waals surface area contributed by atoms with E-state index in [1.165, 1.54) is 12.5 Å². The van der Waals surface area contributed by atoms with Crippen LogP contribution in [0.15, 0.2) is 48.0 Å². The van der Waals surface area contributed by atoms with Crippen LogP contribution in [0.4, 0.5) is 11.4 Å². The number of allylic oxidation sites excluding steroid dienone is 1. The van der Waals surface area contributed by atoms with Gasteiger partial charge in [0.1, 0.15) is 5.75 Å². The molecule has 0 spiro atoms. The number of ether oxygens (including phenoxy) is 1. The second kappa shape index (κ2) is 14.9. The Hall–Kier alpha value is -4.27. The average molecular weight is 716 g/mol. The van der Waals surface area contributed by atoms with Crippen LogP contribution in [0, 0.1) is 27.7 Å². The molecule has 6 rings (SSSR count). The Kier molecular flexibility index (Phi) is 10.6. The van der Waals surface area contributed by atoms with Crippen molar-refractivity contribution in [1.29, 1.82) is 0 Å². The number of aromatic carboxylic acids is 1. The smallest absolute Gasteiger partial charge is 0.335 e. The minimum Gasteiger partial charge on any atom is -0.494 e. The summed E-state index contributed by atoms with van der Waals surface area (Å²) < 4.78 is 7.99. The number of halogens is 2. The number of nitrogens with one attached hydrogen (secondary N) is 2. The van der Waals surface area contributed by atoms with Gasteiger partial charge in [-0.1, -0.05) is 48.5 Å². The molecule has 3 aromatic carbocycles. The van der Waals surface area contributed by atoms with E-state index in [1.807, 2.05) is 69.8 Å². The van der Waals surface area contributed by atoms with Gasteiger partial charge in [0.05, 0.1) is 17.9 Å². The maximum absolute atomic E-state index is 14.3. The van der Waals surface area contributed by atoms with Crippen LogP contribution in [0.1, 0.15) is 88.9 Å². The minimum absolute atomic E-state index is 0.117. The summed E-state index contributed by atoms with van der Waals surface area (Å²) in [5.74, 6) is -0.557. The van der Waals surface area contributed by atoms with Crippen LogP contribution in [-0.2, 0) is 18.3 Å². The van der Waals surface area contributed by atoms with E-state index >= 15 is 0 Å². The highest BCUT2D eigenvalue weighted by molar-refractivity contribution is 6.34. The summed E-state index contributed by atoms with van der Waals surface area (Å²) >= 11 is 13.3. The number of carboxylic acid groups (broad SMARTS) is 1. The third-order valence-corrected chi connectivity index (χ3v) is 10.9. The summed E-state index contributed by atoms with van der Waals surface area (Å²) in [7, 11) is 1.91. The fourth-order valence-electron chi connectivity index (χ4n) is 7.46. The van der Waals surface area contributed by atoms with E-state index in [4.69, 9.17) is 27.9 Å². The fraction of sp³-hybridized carbons (Fsp3) is 0.375. The first kappa shape index (κ1) is 35.6. The Balaban J connectivity index is 1.32. The fourth-order valence-corrected chi connectivity index (χ4v) is 7.85. The van der Waals surface area contributed by atoms with Crippen LogP contribution in [-0.4, -0.2) is 39.4 Å². The number of hydrogen-bond acceptors (Lipinski definition) is 5. The van der Waals surface area contributed by atoms with Crippen LogP contribution in [0.25, 0.3) is 16.7 Å². The van der Waals surface area contributed by atoms with Gasteiger partial charge in [-0.25, -0.2) is 4.79 Å². The van der Waals surface area contributed by atoms with E-state index in [0.29, 0.717) is 47.8 Å². The van der Waals surface area contributed by atoms with Gasteiger partial charge in [-0.05, 0) is 118 Å². The number of carbonyl (C=O) groups excluding carboxylic acids is 1. The van der Waals surface area contributed by atoms with Crippen molar-refractivity contribution < 1.29 is 19.4 Å². The second-order valence-electron chi connectivity index (χ2n) is 13.6. The van der Waals surface area contributed by atoms with E-state index in [-0.39, 0.29) is 17.5 Å². The number of aromatic nitrogens is 2. The molecule has 4 aromatic rings. The first-order chi connectivity index (χ1) is 23.9. The molecule has 0 saturated heterocycles. The van der Waals surface area contributed by atoms with E-state index in [2.05, 4.69) is 15.7 Å². The Morgan fingerprint density at radius 3 is 2.32 bits per heavy atom. The molecule has 1 fully saturated rings. The van der Waals surface area contributed by atoms with Crippen LogP contribution in [0.5, 0.6) is 5.75 Å². The van der Waals surface area contributed by atoms with Gasteiger partial charge in [-0.3, -0.25) is 9.48 Å². The molecule has 0 radical (unpaired) electrons. The first-order valence-electron chi connectivity index (χ1n) is 17.3. The maximum atomic E-state index is 14.3. The standard InChI is InChI=1S/C40H44Cl2N4O4/c1-22-16-30(17-23(2)38(22)42)50-15-9-12-31-32-13-14-35(41)37(36-24(3)45-46(5)25(36)4)33(32)21-34(31)39(47)44-29-19-26(40(48)49)18-28(20-29)43-27-10-7-6-8-11-27/h13-14,16-20,27,43H,6-12,15,21H2,1-5H3,(H,44,47)(H,48,49). The Labute approximate surface area is 303 Å². The zero-order chi connectivity index (χ0) is 35.7. The number of rotatable bonds is 11. The van der Waals surface area contributed by atoms with Crippen molar-refractivity contribution in [2.24, 2.45) is 7.05 Å². The van der Waals surface area contributed by atoms with Crippen LogP contribution >= 0.6 is 23.2 Å². The molecule has 3 N–H and O–H groups in total. The molecular formula is C40H44Cl2N4O4. The molecule has 1 aromatic heterocycles. The van der Waals surface area contributed by atoms with Crippen LogP contribution < -0.4 is 15.4 Å². The van der Waals surface area contributed by atoms with Crippen molar-refractivity contribution in [1.82, 2.24) is 9.78 Å². The Morgan fingerprint density at radius 1 is 0.960 bits per heavy atom. The highest BCUT2D eigenvalue weighted by Crippen LogP contribution is 2.46. The highest BCUT2D eigenvalue weighted by atomic mass is 35.5. The van der Waals surface area contributed by atoms with Gasteiger partial charge >= 0.3 is 5.97 Å². The van der Waals surface area contributed by atoms with E-state index in [0.717, 1.165) is 86.8 Å². The van der Waals surface area contributed by atoms with Crippen molar-refractivity contribution in [3.8, 4) is 16.9 Å². The molecular weight excluding hydrogens is 671 g/mol. The summed E-state index contributed by atoms with van der Waals surface area (Å²) in [4.78, 5) is 26.4. The summed E-state index contributed by atoms with van der Waals surface area (Å²) in [6, 6.07) is 13.0. The third kappa shape index (κ3) is 7.42. The molecule has 2 aliphatic rings. The molecule has 262 valence electrons. The lowest BCUT2D eigenvalue weighted by Crippen LogP contribution is -2.22. The predicted octanol–water partition coefficient (Wildman–Crippen LogP) is 9.88. The lowest BCUT2D eigenvalue weighted by molar-refractivity contribution is -0.112. The van der Waals surface area contributed by atoms with E-state index in [9.17, 15) is 14.7 Å². The second-order valence-corrected chi connectivity index (χ2v) is 14.4. The molecule has 8 nitrogen and oxygen atoms in total. The molecule has 1 saturated carbocycles. The molecule has 1 heterocycles. The SMILES string of the molecule is Cc1cc(OCCCC2=C(C(=O)Nc3cc(NC4CCCCC4)cc(C(=O)O)c3)Cc3c2ccc(Cl)c3-c2c(C)nn(C)c2C)cc(C)c1Cl. The lowest BCUT2D eigenvalue weighted by atomic mass is 9.93. The molecule has 0 unspecified atom stereocenters. The van der Waals surface area contributed by atoms with Gasteiger partial charge < -0.3 is 20.5 Å². The number of anilines is 2. The number of hydrogen-bond donors (Lipinski definition) is 3. The number of carbonyl (C=O) groups is 2. The number of amides is 1. The first-order valence-corrected chi connectivity index (χ1v) is 18.1. The van der Waals surface area contributed by atoms with Gasteiger partial charge in [0.25, 0.3) is 5.91 Å². The van der Waals surface area contributed by atoms with E-state index < -0.39 is 5.97 Å². The molecule has 2 aliphatic carbocycles. The predicted molar refractivity (Wildman–Crippen MR) is 202 cm³/mol. The van der Waals surface area contributed by atoms with Gasteiger partial charge in [0, 0.05) is 63.3 Å². The van der Waals surface area contributed by atoms with Gasteiger partial charge in [-0.2, -0.15) is 5.10 Å². The van der Waals surface area contributed by atoms with Crippen LogP contribution in [0.3, 0.4) is 0 Å². The van der Waals surface area contributed by atoms with Crippen LogP contribution in [0.2, 0.25) is 10.0 Å². The normalized spacial score (nSPS) is 14.5. The quantitative estimate of drug-likeness (QED) is 0.134. The summed E-state index contributed by atoms with van der Waals surface area (Å²) in [6.45, 7) is 8.37. The van der Waals surface area contributed by atoms with Crippen molar-refractivity contribution in [3.63, 3.8) is 0 Å². The molecule has 0 atom stereocenters. The number of benzene rings is 3. The number of fused-ring (bicyclic) bond motifs is 1. The number of aryl methyl sites for hydroxylation is 4. The summed E-state index contributed by atoms with van der Waals surface area (Å²) in [6.07, 6.45) is 7.22. The number of carboxylic acids is 1. The van der Waals surface area contributed by atoms with Crippen molar-refractivity contribution in [2.75, 3.05) is 17.2 Å². The van der Waals surface area contributed by atoms with Gasteiger partial charge in [-0.15, -0.1) is 0 Å². The molecule has 0 bridgehead atoms. The van der Waals surface area contributed by atoms with Crippen molar-refractivity contribution in [2.45, 2.75) is 85.1 Å². The Morgan fingerprint density at radius 2 is 1.66 bits per heavy atom. The average Bonchev–Trinajstić information content (AvgIpc) is 3.57. The van der Waals surface area contributed by atoms with Gasteiger partial charge in [0.2, 0.25) is 0 Å². The van der Waals surface area contributed by atoms with Gasteiger partial charge in [0.15, 0.2) is 0 Å². The topological polar surface area (TPSA) is 105 Å². The maximum Gasteiger partial charge on any atom is 0.335 e. The zero-order valence-corrected chi connectivity index (χ0v) is 30.8. The lowest BCUT2D eigenvalue weighted by Gasteiger charge is -2.24. The summed E-state index contributed by atoms with van der Waals surface area (Å²) in [5, 5.41) is 22.5. The molecule has 50 heavy (non-hydrogen) atoms. The third-order valence-electron chi connectivity index (χ3n) is 10.0. The van der Waals surface area contributed by atoms with Crippen molar-refractivity contribution in [3.05, 3.63) is 97.3 Å². The molecule has 1 amide bonds. The monoisotopic (exact) mass is 714 g/mol. The van der Waals surface area contributed by atoms with E-state index in [1.54, 1.807) is 6.07 Å². The Bertz CT molecular complexity index is 1990. The van der Waals surface area contributed by atoms with Crippen molar-refractivity contribution >= 4 is 52.0 Å². The molecule has 0 aliphatic heterocycles. The summed E-state index contributed by atoms with van der Waals surface area (Å²) in [5.41, 5.74) is 10.4.